The van der Waals surface area contributed by atoms with Crippen LogP contribution in [0.25, 0.3) is 11.0 Å². The minimum absolute atomic E-state index is 0.130. The molecule has 6 nitrogen and oxygen atoms in total. The van der Waals surface area contributed by atoms with Crippen LogP contribution in [-0.4, -0.2) is 64.4 Å². The average molecular weight is 422 g/mol. The lowest BCUT2D eigenvalue weighted by atomic mass is 10.1. The van der Waals surface area contributed by atoms with Crippen LogP contribution in [0.4, 0.5) is 13.2 Å². The van der Waals surface area contributed by atoms with Crippen LogP contribution < -0.4 is 5.56 Å². The number of alkyl halides is 3. The highest BCUT2D eigenvalue weighted by Crippen LogP contribution is 2.31. The lowest BCUT2D eigenvalue weighted by Gasteiger charge is -2.37. The summed E-state index contributed by atoms with van der Waals surface area (Å²) in [7, 11) is 0. The fourth-order valence-corrected chi connectivity index (χ4v) is 3.96. The van der Waals surface area contributed by atoms with E-state index in [-0.39, 0.29) is 16.6 Å². The number of aryl methyl sites for hydroxylation is 1. The van der Waals surface area contributed by atoms with Crippen molar-refractivity contribution in [1.29, 1.82) is 0 Å². The topological polar surface area (TPSA) is 55.5 Å². The molecule has 4 heterocycles. The van der Waals surface area contributed by atoms with Crippen molar-refractivity contribution in [2.24, 2.45) is 0 Å². The number of nitrogens with zero attached hydrogens (tertiary/aromatic N) is 4. The Labute approximate surface area is 176 Å². The lowest BCUT2D eigenvalue weighted by Crippen LogP contribution is -2.45. The molecule has 0 aliphatic carbocycles. The molecule has 0 unspecified atom stereocenters. The van der Waals surface area contributed by atoms with Gasteiger partial charge in [0.05, 0.1) is 16.7 Å². The van der Waals surface area contributed by atoms with Crippen LogP contribution in [0.1, 0.15) is 20.8 Å². The molecule has 2 aromatic heterocycles. The van der Waals surface area contributed by atoms with Crippen molar-refractivity contribution >= 4 is 11.0 Å². The van der Waals surface area contributed by atoms with Gasteiger partial charge in [0.2, 0.25) is 0 Å². The zero-order valence-corrected chi connectivity index (χ0v) is 16.5. The third kappa shape index (κ3) is 4.07. The maximum Gasteiger partial charge on any atom is 0.422 e. The summed E-state index contributed by atoms with van der Waals surface area (Å²) < 4.78 is 62.3. The molecule has 0 aromatic carbocycles. The Hall–Kier alpha value is -2.81. The number of pyridine rings is 2. The number of halogens is 3. The maximum atomic E-state index is 13.2. The highest BCUT2D eigenvalue weighted by Gasteiger charge is 2.36. The molecule has 0 atom stereocenters. The summed E-state index contributed by atoms with van der Waals surface area (Å²) in [5.74, 6) is 0. The van der Waals surface area contributed by atoms with E-state index in [0.717, 1.165) is 24.4 Å². The van der Waals surface area contributed by atoms with Crippen molar-refractivity contribution in [3.63, 3.8) is 0 Å². The van der Waals surface area contributed by atoms with Crippen molar-refractivity contribution in [2.45, 2.75) is 19.6 Å². The Kier molecular flexibility index (Phi) is 4.40. The van der Waals surface area contributed by atoms with E-state index < -0.39 is 24.3 Å². The van der Waals surface area contributed by atoms with Crippen molar-refractivity contribution in [1.82, 2.24) is 24.7 Å². The zero-order valence-electron chi connectivity index (χ0n) is 19.5. The van der Waals surface area contributed by atoms with Crippen molar-refractivity contribution in [2.75, 3.05) is 39.7 Å². The molecule has 0 radical (unpaired) electrons. The summed E-state index contributed by atoms with van der Waals surface area (Å²) in [4.78, 5) is 24.2. The van der Waals surface area contributed by atoms with Crippen LogP contribution in [0, 0.1) is 6.92 Å². The molecule has 1 N–H and O–H groups in total. The molecule has 0 saturated carbocycles. The van der Waals surface area contributed by atoms with Gasteiger partial charge >= 0.3 is 6.18 Å². The maximum absolute atomic E-state index is 13.2. The largest absolute Gasteiger partial charge is 0.422 e. The second-order valence-electron chi connectivity index (χ2n) is 7.56. The van der Waals surface area contributed by atoms with E-state index >= 15 is 0 Å². The van der Waals surface area contributed by atoms with Gasteiger partial charge in [-0.25, -0.2) is 0 Å². The Morgan fingerprint density at radius 3 is 2.73 bits per heavy atom. The summed E-state index contributed by atoms with van der Waals surface area (Å²) in [6, 6.07) is 1.67. The third-order valence-corrected chi connectivity index (χ3v) is 5.46. The Balaban J connectivity index is 1.45. The van der Waals surface area contributed by atoms with Crippen LogP contribution in [0.5, 0.6) is 0 Å². The summed E-state index contributed by atoms with van der Waals surface area (Å²) in [6.45, 7) is 2.82. The van der Waals surface area contributed by atoms with Gasteiger partial charge < -0.3 is 14.8 Å². The van der Waals surface area contributed by atoms with Gasteiger partial charge in [-0.3, -0.25) is 14.7 Å². The predicted molar refractivity (Wildman–Crippen MR) is 109 cm³/mol. The van der Waals surface area contributed by atoms with E-state index in [4.69, 9.17) is 4.11 Å². The lowest BCUT2D eigenvalue weighted by molar-refractivity contribution is -0.139. The molecule has 0 spiro atoms. The SMILES string of the molecule is [2H]C([2H])([2H])N1C=C(N2CCN(Cc3cnc4c(C)c(C(F)(F)F)c(=O)[nH]c4c3)CC2)C=CC1. The molecule has 2 aromatic rings. The minimum Gasteiger partial charge on any atom is -0.375 e. The third-order valence-electron chi connectivity index (χ3n) is 5.46. The first-order valence-corrected chi connectivity index (χ1v) is 9.64. The molecule has 9 heteroatoms. The van der Waals surface area contributed by atoms with E-state index in [1.807, 2.05) is 12.2 Å². The minimum atomic E-state index is -4.74. The second-order valence-corrected chi connectivity index (χ2v) is 7.56. The molecular formula is C21H24F3N5O. The van der Waals surface area contributed by atoms with Crippen LogP contribution in [0.3, 0.4) is 0 Å². The monoisotopic (exact) mass is 422 g/mol. The number of rotatable bonds is 3. The van der Waals surface area contributed by atoms with Gasteiger partial charge in [-0.05, 0) is 30.2 Å². The van der Waals surface area contributed by atoms with E-state index in [1.165, 1.54) is 11.8 Å². The first kappa shape index (κ1) is 16.9. The zero-order chi connectivity index (χ0) is 24.0. The van der Waals surface area contributed by atoms with E-state index in [9.17, 15) is 18.0 Å². The molecule has 160 valence electrons. The molecule has 2 aliphatic rings. The van der Waals surface area contributed by atoms with Gasteiger partial charge in [0.1, 0.15) is 5.56 Å². The summed E-state index contributed by atoms with van der Waals surface area (Å²) in [5, 5.41) is 0. The summed E-state index contributed by atoms with van der Waals surface area (Å²) in [6.07, 6.45) is 2.24. The highest BCUT2D eigenvalue weighted by atomic mass is 19.4. The van der Waals surface area contributed by atoms with Crippen molar-refractivity contribution in [3.05, 3.63) is 63.4 Å². The number of H-pyrrole nitrogens is 1. The van der Waals surface area contributed by atoms with Crippen LogP contribution >= 0.6 is 0 Å². The van der Waals surface area contributed by atoms with Crippen LogP contribution in [0.2, 0.25) is 0 Å². The number of likely N-dealkylation sites (N-methyl/N-ethyl adjacent to an activating group) is 1. The fourth-order valence-electron chi connectivity index (χ4n) is 3.96. The fraction of sp³-hybridized carbons (Fsp3) is 0.429. The van der Waals surface area contributed by atoms with Gasteiger partial charge in [0.25, 0.3) is 5.56 Å². The number of piperazine rings is 1. The number of hydrogen-bond donors (Lipinski definition) is 1. The number of hydrogen-bond acceptors (Lipinski definition) is 5. The van der Waals surface area contributed by atoms with Crippen molar-refractivity contribution in [3.8, 4) is 0 Å². The Morgan fingerprint density at radius 2 is 2.03 bits per heavy atom. The summed E-state index contributed by atoms with van der Waals surface area (Å²) >= 11 is 0. The average Bonchev–Trinajstić information content (AvgIpc) is 2.72. The van der Waals surface area contributed by atoms with Crippen LogP contribution in [-0.2, 0) is 12.7 Å². The Bertz CT molecular complexity index is 1160. The van der Waals surface area contributed by atoms with Crippen molar-refractivity contribution < 1.29 is 17.3 Å². The van der Waals surface area contributed by atoms with Gasteiger partial charge in [0.15, 0.2) is 0 Å². The molecule has 0 amide bonds. The predicted octanol–water partition coefficient (Wildman–Crippen LogP) is 2.71. The second kappa shape index (κ2) is 7.79. The first-order valence-electron chi connectivity index (χ1n) is 11.1. The van der Waals surface area contributed by atoms with Crippen LogP contribution in [0.15, 0.2) is 41.1 Å². The van der Waals surface area contributed by atoms with Gasteiger partial charge in [-0.2, -0.15) is 13.2 Å². The Morgan fingerprint density at radius 1 is 1.27 bits per heavy atom. The van der Waals surface area contributed by atoms with Gasteiger partial charge in [0, 0.05) is 62.8 Å². The van der Waals surface area contributed by atoms with Gasteiger partial charge in [-0.15, -0.1) is 0 Å². The molecule has 4 rings (SSSR count). The molecular weight excluding hydrogens is 395 g/mol. The molecule has 2 aliphatic heterocycles. The number of aromatic nitrogens is 2. The normalized spacial score (nSPS) is 20.1. The molecule has 30 heavy (non-hydrogen) atoms. The number of aromatic amines is 1. The van der Waals surface area contributed by atoms with Gasteiger partial charge in [-0.1, -0.05) is 6.08 Å². The summed E-state index contributed by atoms with van der Waals surface area (Å²) in [5.41, 5.74) is -0.501. The molecule has 1 saturated heterocycles. The number of nitrogens with one attached hydrogen (secondary N) is 1. The highest BCUT2D eigenvalue weighted by molar-refractivity contribution is 5.79. The van der Waals surface area contributed by atoms with E-state index in [0.29, 0.717) is 26.2 Å². The molecule has 1 fully saturated rings. The first-order chi connectivity index (χ1) is 15.4. The standard InChI is InChI=1S/C21H24F3N5O/c1-14-18(21(22,23)24)20(30)26-17-10-15(11-25-19(14)17)12-28-6-8-29(9-7-28)16-4-3-5-27(2)13-16/h3-4,10-11,13H,5-9,12H2,1-2H3,(H,26,30)/i2D3. The number of allylic oxidation sites excluding steroid dienone is 1. The smallest absolute Gasteiger partial charge is 0.375 e. The van der Waals surface area contributed by atoms with E-state index in [1.54, 1.807) is 18.5 Å². The quantitative estimate of drug-likeness (QED) is 0.825. The van der Waals surface area contributed by atoms with E-state index in [2.05, 4.69) is 19.8 Å². The number of fused-ring (bicyclic) bond motifs is 1. The molecule has 0 bridgehead atoms.